The number of likely N-dealkylation sites (tertiary alicyclic amines) is 1. The summed E-state index contributed by atoms with van der Waals surface area (Å²) in [5, 5.41) is 9.14. The van der Waals surface area contributed by atoms with E-state index in [1.807, 2.05) is 13.8 Å². The van der Waals surface area contributed by atoms with Crippen LogP contribution in [0.3, 0.4) is 0 Å². The third-order valence-corrected chi connectivity index (χ3v) is 1.97. The predicted octanol–water partition coefficient (Wildman–Crippen LogP) is 0.236. The molecule has 0 saturated carbocycles. The van der Waals surface area contributed by atoms with Crippen molar-refractivity contribution in [2.75, 3.05) is 13.1 Å². The molecule has 11 heavy (non-hydrogen) atoms. The fourth-order valence-corrected chi connectivity index (χ4v) is 1.31. The molecule has 64 valence electrons. The van der Waals surface area contributed by atoms with Crippen LogP contribution in [0.2, 0.25) is 0 Å². The normalized spacial score (nSPS) is 24.7. The van der Waals surface area contributed by atoms with Crippen molar-refractivity contribution in [1.29, 1.82) is 0 Å². The van der Waals surface area contributed by atoms with Crippen LogP contribution in [0.5, 0.6) is 0 Å². The average Bonchev–Trinajstić information content (AvgIpc) is 2.34. The molecule has 0 aromatic rings. The molecule has 0 spiro atoms. The maximum absolute atomic E-state index is 11.3. The Hall–Kier alpha value is -0.570. The van der Waals surface area contributed by atoms with Gasteiger partial charge < -0.3 is 10.0 Å². The molecule has 1 fully saturated rings. The van der Waals surface area contributed by atoms with E-state index in [0.29, 0.717) is 6.54 Å². The standard InChI is InChI=1S/C8H15NO2/c1-6(2)8(11)9-4-3-7(10)5-9/h6-7,10H,3-5H2,1-2H3/t7-/m1/s1. The second-order valence-corrected chi connectivity index (χ2v) is 3.38. The van der Waals surface area contributed by atoms with Gasteiger partial charge in [-0.15, -0.1) is 0 Å². The van der Waals surface area contributed by atoms with Crippen LogP contribution in [0.4, 0.5) is 0 Å². The highest BCUT2D eigenvalue weighted by molar-refractivity contribution is 5.78. The molecule has 1 atom stereocenters. The second-order valence-electron chi connectivity index (χ2n) is 3.38. The highest BCUT2D eigenvalue weighted by atomic mass is 16.3. The molecule has 0 bridgehead atoms. The van der Waals surface area contributed by atoms with Crippen molar-refractivity contribution < 1.29 is 9.90 Å². The Morgan fingerprint density at radius 2 is 2.27 bits per heavy atom. The molecular formula is C8H15NO2. The largest absolute Gasteiger partial charge is 0.391 e. The van der Waals surface area contributed by atoms with Crippen molar-refractivity contribution in [3.63, 3.8) is 0 Å². The summed E-state index contributed by atoms with van der Waals surface area (Å²) in [6.45, 7) is 5.01. The molecule has 0 radical (unpaired) electrons. The number of amides is 1. The first-order chi connectivity index (χ1) is 5.11. The van der Waals surface area contributed by atoms with E-state index in [2.05, 4.69) is 0 Å². The van der Waals surface area contributed by atoms with E-state index in [4.69, 9.17) is 5.11 Å². The Kier molecular flexibility index (Phi) is 2.49. The summed E-state index contributed by atoms with van der Waals surface area (Å²) in [7, 11) is 0. The molecule has 0 aliphatic carbocycles. The van der Waals surface area contributed by atoms with Gasteiger partial charge >= 0.3 is 0 Å². The van der Waals surface area contributed by atoms with E-state index >= 15 is 0 Å². The summed E-state index contributed by atoms with van der Waals surface area (Å²) >= 11 is 0. The van der Waals surface area contributed by atoms with E-state index in [-0.39, 0.29) is 17.9 Å². The Morgan fingerprint density at radius 3 is 2.64 bits per heavy atom. The first kappa shape index (κ1) is 8.53. The molecule has 3 nitrogen and oxygen atoms in total. The zero-order valence-electron chi connectivity index (χ0n) is 7.08. The molecule has 1 aliphatic rings. The van der Waals surface area contributed by atoms with Gasteiger partial charge in [-0.25, -0.2) is 0 Å². The lowest BCUT2D eigenvalue weighted by molar-refractivity contribution is -0.133. The maximum Gasteiger partial charge on any atom is 0.225 e. The van der Waals surface area contributed by atoms with Crippen molar-refractivity contribution in [2.24, 2.45) is 5.92 Å². The fraction of sp³-hybridized carbons (Fsp3) is 0.875. The van der Waals surface area contributed by atoms with E-state index in [1.54, 1.807) is 4.90 Å². The van der Waals surface area contributed by atoms with Crippen LogP contribution in [0.25, 0.3) is 0 Å². The molecule has 1 rings (SSSR count). The van der Waals surface area contributed by atoms with Gasteiger partial charge in [0.25, 0.3) is 0 Å². The number of β-amino-alcohol motifs (C(OH)–C–C–N with tert-alkyl or cyclic N) is 1. The van der Waals surface area contributed by atoms with Gasteiger partial charge in [-0.1, -0.05) is 13.8 Å². The van der Waals surface area contributed by atoms with Crippen molar-refractivity contribution in [1.82, 2.24) is 4.90 Å². The van der Waals surface area contributed by atoms with Gasteiger partial charge in [-0.05, 0) is 6.42 Å². The van der Waals surface area contributed by atoms with Crippen LogP contribution in [-0.2, 0) is 4.79 Å². The minimum absolute atomic E-state index is 0.0558. The minimum Gasteiger partial charge on any atom is -0.391 e. The molecule has 1 aliphatic heterocycles. The topological polar surface area (TPSA) is 40.5 Å². The Labute approximate surface area is 67.0 Å². The first-order valence-electron chi connectivity index (χ1n) is 4.08. The van der Waals surface area contributed by atoms with Gasteiger partial charge in [0.1, 0.15) is 0 Å². The first-order valence-corrected chi connectivity index (χ1v) is 4.08. The molecule has 1 N–H and O–H groups in total. The summed E-state index contributed by atoms with van der Waals surface area (Å²) in [5.41, 5.74) is 0. The smallest absolute Gasteiger partial charge is 0.225 e. The van der Waals surface area contributed by atoms with E-state index in [9.17, 15) is 4.79 Å². The lowest BCUT2D eigenvalue weighted by atomic mass is 10.2. The van der Waals surface area contributed by atoms with Crippen LogP contribution < -0.4 is 0 Å². The predicted molar refractivity (Wildman–Crippen MR) is 42.0 cm³/mol. The Bertz CT molecular complexity index is 156. The summed E-state index contributed by atoms with van der Waals surface area (Å²) in [6, 6.07) is 0. The van der Waals surface area contributed by atoms with Crippen molar-refractivity contribution in [2.45, 2.75) is 26.4 Å². The van der Waals surface area contributed by atoms with Gasteiger partial charge in [0.15, 0.2) is 0 Å². The van der Waals surface area contributed by atoms with Crippen LogP contribution in [0, 0.1) is 5.92 Å². The minimum atomic E-state index is -0.294. The van der Waals surface area contributed by atoms with Crippen LogP contribution in [0.1, 0.15) is 20.3 Å². The number of nitrogens with zero attached hydrogens (tertiary/aromatic N) is 1. The van der Waals surface area contributed by atoms with Crippen LogP contribution in [0.15, 0.2) is 0 Å². The van der Waals surface area contributed by atoms with E-state index in [0.717, 1.165) is 13.0 Å². The number of carbonyl (C=O) groups excluding carboxylic acids is 1. The zero-order chi connectivity index (χ0) is 8.43. The Balaban J connectivity index is 2.43. The second kappa shape index (κ2) is 3.22. The summed E-state index contributed by atoms with van der Waals surface area (Å²) in [4.78, 5) is 13.0. The molecule has 0 aromatic carbocycles. The monoisotopic (exact) mass is 157 g/mol. The van der Waals surface area contributed by atoms with Gasteiger partial charge in [-0.3, -0.25) is 4.79 Å². The number of carbonyl (C=O) groups is 1. The third-order valence-electron chi connectivity index (χ3n) is 1.97. The van der Waals surface area contributed by atoms with E-state index in [1.165, 1.54) is 0 Å². The van der Waals surface area contributed by atoms with Gasteiger partial charge in [0, 0.05) is 19.0 Å². The quantitative estimate of drug-likeness (QED) is 0.592. The molecule has 1 heterocycles. The number of hydrogen-bond acceptors (Lipinski definition) is 2. The number of hydrogen-bond donors (Lipinski definition) is 1. The van der Waals surface area contributed by atoms with Crippen molar-refractivity contribution >= 4 is 5.91 Å². The number of aliphatic hydroxyl groups excluding tert-OH is 1. The Morgan fingerprint density at radius 1 is 1.64 bits per heavy atom. The fourth-order valence-electron chi connectivity index (χ4n) is 1.31. The molecule has 3 heteroatoms. The van der Waals surface area contributed by atoms with Gasteiger partial charge in [-0.2, -0.15) is 0 Å². The zero-order valence-corrected chi connectivity index (χ0v) is 7.08. The molecule has 0 aromatic heterocycles. The van der Waals surface area contributed by atoms with Crippen LogP contribution >= 0.6 is 0 Å². The average molecular weight is 157 g/mol. The molecule has 0 unspecified atom stereocenters. The summed E-state index contributed by atoms with van der Waals surface area (Å²) in [6.07, 6.45) is 0.441. The molecule has 1 saturated heterocycles. The van der Waals surface area contributed by atoms with E-state index < -0.39 is 0 Å². The SMILES string of the molecule is CC(C)C(=O)N1CC[C@@H](O)C1. The lowest BCUT2D eigenvalue weighted by Crippen LogP contribution is -2.32. The maximum atomic E-state index is 11.3. The van der Waals surface area contributed by atoms with Crippen molar-refractivity contribution in [3.8, 4) is 0 Å². The molecule has 1 amide bonds. The molecular weight excluding hydrogens is 142 g/mol. The highest BCUT2D eigenvalue weighted by Crippen LogP contribution is 2.11. The highest BCUT2D eigenvalue weighted by Gasteiger charge is 2.25. The summed E-state index contributed by atoms with van der Waals surface area (Å²) < 4.78 is 0. The van der Waals surface area contributed by atoms with Gasteiger partial charge in [0.05, 0.1) is 6.10 Å². The third kappa shape index (κ3) is 1.93. The van der Waals surface area contributed by atoms with Gasteiger partial charge in [0.2, 0.25) is 5.91 Å². The number of aliphatic hydroxyl groups is 1. The van der Waals surface area contributed by atoms with Crippen molar-refractivity contribution in [3.05, 3.63) is 0 Å². The lowest BCUT2D eigenvalue weighted by Gasteiger charge is -2.17. The van der Waals surface area contributed by atoms with Crippen LogP contribution in [-0.4, -0.2) is 35.1 Å². The number of rotatable bonds is 1. The summed E-state index contributed by atoms with van der Waals surface area (Å²) in [5.74, 6) is 0.210.